The molecular weight excluding hydrogens is 635 g/mol. The Balaban J connectivity index is 1.13. The zero-order valence-electron chi connectivity index (χ0n) is 28.7. The van der Waals surface area contributed by atoms with Crippen molar-refractivity contribution in [1.82, 2.24) is 15.0 Å². The highest BCUT2D eigenvalue weighted by Crippen LogP contribution is 2.52. The van der Waals surface area contributed by atoms with E-state index in [4.69, 9.17) is 19.4 Å². The minimum atomic E-state index is -0.0407. The molecule has 0 bridgehead atoms. The quantitative estimate of drug-likeness (QED) is 0.176. The van der Waals surface area contributed by atoms with Crippen LogP contribution in [0.25, 0.3) is 99.5 Å². The van der Waals surface area contributed by atoms with E-state index in [1.54, 1.807) is 0 Å². The monoisotopic (exact) mass is 665 g/mol. The van der Waals surface area contributed by atoms with Crippen molar-refractivity contribution >= 4 is 54.3 Å². The Labute approximate surface area is 300 Å². The average Bonchev–Trinajstić information content (AvgIpc) is 3.69. The van der Waals surface area contributed by atoms with Crippen molar-refractivity contribution in [2.45, 2.75) is 19.3 Å². The van der Waals surface area contributed by atoms with E-state index in [1.165, 1.54) is 49.2 Å². The van der Waals surface area contributed by atoms with Crippen LogP contribution in [0.1, 0.15) is 25.0 Å². The highest BCUT2D eigenvalue weighted by molar-refractivity contribution is 6.23. The predicted molar refractivity (Wildman–Crippen MR) is 213 cm³/mol. The second kappa shape index (κ2) is 10.7. The summed E-state index contributed by atoms with van der Waals surface area (Å²) in [6.45, 7) is 4.68. The summed E-state index contributed by atoms with van der Waals surface area (Å²) in [6.07, 6.45) is 0. The molecule has 244 valence electrons. The van der Waals surface area contributed by atoms with Gasteiger partial charge >= 0.3 is 0 Å². The van der Waals surface area contributed by atoms with Crippen molar-refractivity contribution in [1.29, 1.82) is 0 Å². The molecule has 0 saturated carbocycles. The molecule has 1 aliphatic carbocycles. The molecule has 8 aromatic carbocycles. The van der Waals surface area contributed by atoms with Crippen molar-refractivity contribution in [2.24, 2.45) is 0 Å². The molecule has 4 nitrogen and oxygen atoms in total. The molecule has 10 aromatic rings. The van der Waals surface area contributed by atoms with Crippen LogP contribution in [-0.4, -0.2) is 15.0 Å². The van der Waals surface area contributed by atoms with E-state index in [0.29, 0.717) is 17.5 Å². The van der Waals surface area contributed by atoms with Gasteiger partial charge in [0.25, 0.3) is 0 Å². The van der Waals surface area contributed by atoms with Gasteiger partial charge in [0.1, 0.15) is 11.2 Å². The Hall–Kier alpha value is -6.65. The van der Waals surface area contributed by atoms with Crippen LogP contribution in [0.4, 0.5) is 0 Å². The van der Waals surface area contributed by atoms with Crippen LogP contribution >= 0.6 is 0 Å². The van der Waals surface area contributed by atoms with E-state index in [-0.39, 0.29) is 5.41 Å². The van der Waals surface area contributed by atoms with E-state index in [1.807, 2.05) is 60.7 Å². The minimum absolute atomic E-state index is 0.0407. The highest BCUT2D eigenvalue weighted by atomic mass is 16.3. The minimum Gasteiger partial charge on any atom is -0.456 e. The number of hydrogen-bond donors (Lipinski definition) is 0. The summed E-state index contributed by atoms with van der Waals surface area (Å²) >= 11 is 0. The molecular formula is C48H31N3O. The first-order valence-electron chi connectivity index (χ1n) is 17.8. The first-order chi connectivity index (χ1) is 25.5. The molecule has 0 aliphatic heterocycles. The maximum absolute atomic E-state index is 6.24. The SMILES string of the molecule is CC1(C)c2ccccc2-c2c1ccc1c2ccc2ccc3cc(-c4nc(-c5ccccc5)nc(-c5cccc6oc7ccccc7c56)n4)ccc3c21. The second-order valence-corrected chi connectivity index (χ2v) is 14.4. The zero-order valence-corrected chi connectivity index (χ0v) is 28.7. The lowest BCUT2D eigenvalue weighted by Crippen LogP contribution is -2.14. The largest absolute Gasteiger partial charge is 0.456 e. The van der Waals surface area contributed by atoms with Gasteiger partial charge in [-0.15, -0.1) is 0 Å². The Morgan fingerprint density at radius 1 is 0.423 bits per heavy atom. The summed E-state index contributed by atoms with van der Waals surface area (Å²) in [7, 11) is 0. The summed E-state index contributed by atoms with van der Waals surface area (Å²) in [5.41, 5.74) is 9.89. The third-order valence-corrected chi connectivity index (χ3v) is 11.1. The maximum atomic E-state index is 6.24. The number of para-hydroxylation sites is 1. The van der Waals surface area contributed by atoms with Gasteiger partial charge in [-0.25, -0.2) is 15.0 Å². The number of benzene rings is 8. The number of rotatable bonds is 3. The van der Waals surface area contributed by atoms with Gasteiger partial charge < -0.3 is 4.42 Å². The Kier molecular flexibility index (Phi) is 5.98. The molecule has 52 heavy (non-hydrogen) atoms. The predicted octanol–water partition coefficient (Wildman–Crippen LogP) is 12.5. The molecule has 0 atom stereocenters. The molecule has 1 aliphatic rings. The highest BCUT2D eigenvalue weighted by Gasteiger charge is 2.36. The molecule has 0 saturated heterocycles. The maximum Gasteiger partial charge on any atom is 0.164 e. The van der Waals surface area contributed by atoms with Crippen LogP contribution in [0.2, 0.25) is 0 Å². The topological polar surface area (TPSA) is 51.8 Å². The molecule has 4 heteroatoms. The third kappa shape index (κ3) is 4.12. The number of hydrogen-bond acceptors (Lipinski definition) is 4. The number of nitrogens with zero attached hydrogens (tertiary/aromatic N) is 3. The van der Waals surface area contributed by atoms with Gasteiger partial charge in [-0.1, -0.05) is 147 Å². The van der Waals surface area contributed by atoms with Crippen LogP contribution in [-0.2, 0) is 5.41 Å². The first-order valence-corrected chi connectivity index (χ1v) is 17.8. The number of fused-ring (bicyclic) bond motifs is 12. The molecule has 0 radical (unpaired) electrons. The molecule has 0 unspecified atom stereocenters. The molecule has 11 rings (SSSR count). The van der Waals surface area contributed by atoms with Gasteiger partial charge in [0.05, 0.1) is 0 Å². The number of aromatic nitrogens is 3. The van der Waals surface area contributed by atoms with Crippen LogP contribution in [0.3, 0.4) is 0 Å². The van der Waals surface area contributed by atoms with Gasteiger partial charge in [-0.3, -0.25) is 0 Å². The van der Waals surface area contributed by atoms with Crippen molar-refractivity contribution < 1.29 is 4.42 Å². The molecule has 2 aromatic heterocycles. The fourth-order valence-corrected chi connectivity index (χ4v) is 8.61. The van der Waals surface area contributed by atoms with E-state index in [0.717, 1.165) is 44.0 Å². The Morgan fingerprint density at radius 2 is 1.10 bits per heavy atom. The van der Waals surface area contributed by atoms with Crippen LogP contribution in [0.15, 0.2) is 156 Å². The van der Waals surface area contributed by atoms with Gasteiger partial charge in [-0.2, -0.15) is 0 Å². The van der Waals surface area contributed by atoms with E-state index in [9.17, 15) is 0 Å². The zero-order chi connectivity index (χ0) is 34.6. The van der Waals surface area contributed by atoms with Crippen LogP contribution in [0.5, 0.6) is 0 Å². The average molecular weight is 666 g/mol. The van der Waals surface area contributed by atoms with E-state index in [2.05, 4.69) is 105 Å². The molecule has 0 fully saturated rings. The normalized spacial score (nSPS) is 13.3. The summed E-state index contributed by atoms with van der Waals surface area (Å²) < 4.78 is 6.24. The van der Waals surface area contributed by atoms with E-state index < -0.39 is 0 Å². The summed E-state index contributed by atoms with van der Waals surface area (Å²) in [5.74, 6) is 1.87. The smallest absolute Gasteiger partial charge is 0.164 e. The Bertz CT molecular complexity index is 3100. The fourth-order valence-electron chi connectivity index (χ4n) is 8.61. The first kappa shape index (κ1) is 29.1. The van der Waals surface area contributed by atoms with Gasteiger partial charge in [0.15, 0.2) is 17.5 Å². The summed E-state index contributed by atoms with van der Waals surface area (Å²) in [6, 6.07) is 53.6. The standard InChI is InChI=1S/C48H31N3O/c1-48(2)38-16-8-6-13-35(38)43-34-24-21-28-19-20-30-27-31(22-23-32(30)42(28)33(34)25-26-39(43)48)46-49-45(29-11-4-3-5-12-29)50-47(51-46)37-15-10-18-41-44(37)36-14-7-9-17-40(36)52-41/h3-27H,1-2H3. The molecule has 0 amide bonds. The summed E-state index contributed by atoms with van der Waals surface area (Å²) in [4.78, 5) is 15.3. The molecule has 2 heterocycles. The van der Waals surface area contributed by atoms with Gasteiger partial charge in [0, 0.05) is 32.9 Å². The second-order valence-electron chi connectivity index (χ2n) is 14.4. The van der Waals surface area contributed by atoms with Crippen molar-refractivity contribution in [3.05, 3.63) is 163 Å². The molecule has 0 spiro atoms. The third-order valence-electron chi connectivity index (χ3n) is 11.1. The van der Waals surface area contributed by atoms with Gasteiger partial charge in [0.2, 0.25) is 0 Å². The van der Waals surface area contributed by atoms with Crippen LogP contribution in [0, 0.1) is 0 Å². The summed E-state index contributed by atoms with van der Waals surface area (Å²) in [5, 5.41) is 9.47. The van der Waals surface area contributed by atoms with Crippen molar-refractivity contribution in [3.8, 4) is 45.3 Å². The lowest BCUT2D eigenvalue weighted by atomic mass is 9.82. The Morgan fingerprint density at radius 3 is 2.00 bits per heavy atom. The van der Waals surface area contributed by atoms with Crippen molar-refractivity contribution in [2.75, 3.05) is 0 Å². The van der Waals surface area contributed by atoms with E-state index >= 15 is 0 Å². The lowest BCUT2D eigenvalue weighted by molar-refractivity contribution is 0.661. The molecule has 0 N–H and O–H groups in total. The lowest BCUT2D eigenvalue weighted by Gasteiger charge is -2.21. The van der Waals surface area contributed by atoms with Crippen molar-refractivity contribution in [3.63, 3.8) is 0 Å². The fraction of sp³-hybridized carbons (Fsp3) is 0.0625. The number of furan rings is 1. The van der Waals surface area contributed by atoms with Gasteiger partial charge in [-0.05, 0) is 72.8 Å². The van der Waals surface area contributed by atoms with Crippen LogP contribution < -0.4 is 0 Å².